The second-order valence-electron chi connectivity index (χ2n) is 5.29. The summed E-state index contributed by atoms with van der Waals surface area (Å²) in [4.78, 5) is 8.64. The van der Waals surface area contributed by atoms with Crippen LogP contribution in [-0.2, 0) is 6.42 Å². The van der Waals surface area contributed by atoms with Gasteiger partial charge in [0.25, 0.3) is 0 Å². The molecule has 0 spiro atoms. The van der Waals surface area contributed by atoms with Crippen molar-refractivity contribution in [3.63, 3.8) is 0 Å². The van der Waals surface area contributed by atoms with E-state index in [2.05, 4.69) is 25.5 Å². The zero-order chi connectivity index (χ0) is 18.4. The Bertz CT molecular complexity index is 879. The lowest BCUT2D eigenvalue weighted by Gasteiger charge is -2.10. The van der Waals surface area contributed by atoms with Gasteiger partial charge in [0.1, 0.15) is 5.82 Å². The molecule has 9 nitrogen and oxygen atoms in total. The number of ether oxygens (including phenoxy) is 2. The maximum absolute atomic E-state index is 5.92. The van der Waals surface area contributed by atoms with Crippen LogP contribution in [-0.4, -0.2) is 41.9 Å². The number of anilines is 1. The first-order valence-corrected chi connectivity index (χ1v) is 7.93. The molecule has 27 heavy (non-hydrogen) atoms. The summed E-state index contributed by atoms with van der Waals surface area (Å²) in [5.74, 6) is 3.39. The number of benzene rings is 1. The van der Waals surface area contributed by atoms with E-state index in [1.807, 2.05) is 6.07 Å². The zero-order valence-electron chi connectivity index (χ0n) is 14.9. The number of H-pyrrole nitrogens is 1. The van der Waals surface area contributed by atoms with E-state index in [0.29, 0.717) is 47.8 Å². The number of halogens is 1. The zero-order valence-corrected chi connectivity index (χ0v) is 17.3. The summed E-state index contributed by atoms with van der Waals surface area (Å²) in [6.07, 6.45) is 2.15. The molecule has 4 N–H and O–H groups in total. The second kappa shape index (κ2) is 9.80. The number of hydrogen-bond acceptors (Lipinski definition) is 6. The highest BCUT2D eigenvalue weighted by molar-refractivity contribution is 14.0. The van der Waals surface area contributed by atoms with E-state index in [-0.39, 0.29) is 24.0 Å². The number of aromatic nitrogens is 3. The Labute approximate surface area is 173 Å². The predicted octanol–water partition coefficient (Wildman–Crippen LogP) is 2.67. The van der Waals surface area contributed by atoms with E-state index < -0.39 is 0 Å². The van der Waals surface area contributed by atoms with Gasteiger partial charge in [-0.1, -0.05) is 0 Å². The third-order valence-corrected chi connectivity index (χ3v) is 3.56. The highest BCUT2D eigenvalue weighted by atomic mass is 127. The normalized spacial score (nSPS) is 11.0. The standard InChI is InChI=1S/C17H20N6O3.HI/c1-24-12-6-5-11(10-14(12)25-2)20-17(18)19-8-7-15-21-16(23-22-15)13-4-3-9-26-13;/h3-6,9-10H,7-8H2,1-2H3,(H3,18,19,20)(H,21,22,23);1H. The molecular weight excluding hydrogens is 463 g/mol. The van der Waals surface area contributed by atoms with E-state index in [1.54, 1.807) is 44.7 Å². The molecule has 0 aliphatic heterocycles. The topological polar surface area (TPSA) is 124 Å². The van der Waals surface area contributed by atoms with Crippen molar-refractivity contribution in [3.05, 3.63) is 42.4 Å². The minimum atomic E-state index is 0. The van der Waals surface area contributed by atoms with Gasteiger partial charge in [0.2, 0.25) is 5.82 Å². The monoisotopic (exact) mass is 484 g/mol. The molecule has 144 valence electrons. The number of hydrogen-bond donors (Lipinski definition) is 3. The van der Waals surface area contributed by atoms with Gasteiger partial charge in [0, 0.05) is 24.7 Å². The van der Waals surface area contributed by atoms with E-state index in [0.717, 1.165) is 5.69 Å². The third-order valence-electron chi connectivity index (χ3n) is 3.56. The van der Waals surface area contributed by atoms with Crippen LogP contribution >= 0.6 is 24.0 Å². The number of furan rings is 1. The molecular formula is C17H21IN6O3. The van der Waals surface area contributed by atoms with Gasteiger partial charge in [-0.05, 0) is 24.3 Å². The Balaban J connectivity index is 0.00000261. The van der Waals surface area contributed by atoms with Crippen LogP contribution in [0.3, 0.4) is 0 Å². The molecule has 0 saturated carbocycles. The number of guanidine groups is 1. The first-order valence-electron chi connectivity index (χ1n) is 7.93. The summed E-state index contributed by atoms with van der Waals surface area (Å²) < 4.78 is 15.7. The minimum Gasteiger partial charge on any atom is -0.493 e. The van der Waals surface area contributed by atoms with E-state index in [1.165, 1.54) is 0 Å². The van der Waals surface area contributed by atoms with Gasteiger partial charge in [-0.25, -0.2) is 4.98 Å². The van der Waals surface area contributed by atoms with Crippen LogP contribution in [0, 0.1) is 0 Å². The molecule has 0 bridgehead atoms. The largest absolute Gasteiger partial charge is 0.493 e. The smallest absolute Gasteiger partial charge is 0.216 e. The Kier molecular flexibility index (Phi) is 7.46. The van der Waals surface area contributed by atoms with Gasteiger partial charge in [-0.3, -0.25) is 10.1 Å². The van der Waals surface area contributed by atoms with Crippen molar-refractivity contribution in [1.82, 2.24) is 15.2 Å². The highest BCUT2D eigenvalue weighted by Crippen LogP contribution is 2.29. The Hall–Kier alpha value is -2.76. The predicted molar refractivity (Wildman–Crippen MR) is 113 cm³/mol. The number of methoxy groups -OCH3 is 2. The molecule has 3 rings (SSSR count). The van der Waals surface area contributed by atoms with Crippen molar-refractivity contribution in [2.24, 2.45) is 10.7 Å². The first-order chi connectivity index (χ1) is 12.7. The third kappa shape index (κ3) is 5.36. The number of nitrogens with two attached hydrogens (primary N) is 1. The van der Waals surface area contributed by atoms with Crippen molar-refractivity contribution in [1.29, 1.82) is 0 Å². The molecule has 0 saturated heterocycles. The Morgan fingerprint density at radius 3 is 2.78 bits per heavy atom. The average molecular weight is 484 g/mol. The fraction of sp³-hybridized carbons (Fsp3) is 0.235. The van der Waals surface area contributed by atoms with Crippen LogP contribution in [0.4, 0.5) is 5.69 Å². The summed E-state index contributed by atoms with van der Waals surface area (Å²) in [5, 5.41) is 9.98. The second-order valence-corrected chi connectivity index (χ2v) is 5.29. The molecule has 0 aliphatic carbocycles. The van der Waals surface area contributed by atoms with Gasteiger partial charge in [0.05, 0.1) is 20.5 Å². The summed E-state index contributed by atoms with van der Waals surface area (Å²) in [5.41, 5.74) is 6.67. The van der Waals surface area contributed by atoms with E-state index in [9.17, 15) is 0 Å². The molecule has 0 aliphatic rings. The lowest BCUT2D eigenvalue weighted by Crippen LogP contribution is -2.23. The van der Waals surface area contributed by atoms with Crippen molar-refractivity contribution in [3.8, 4) is 23.1 Å². The quantitative estimate of drug-likeness (QED) is 0.268. The van der Waals surface area contributed by atoms with Crippen LogP contribution in [0.5, 0.6) is 11.5 Å². The van der Waals surface area contributed by atoms with Crippen LogP contribution in [0.25, 0.3) is 11.6 Å². The fourth-order valence-electron chi connectivity index (χ4n) is 2.31. The van der Waals surface area contributed by atoms with Crippen molar-refractivity contribution < 1.29 is 13.9 Å². The van der Waals surface area contributed by atoms with Crippen molar-refractivity contribution in [2.75, 3.05) is 26.1 Å². The number of aliphatic imine (C=N–C) groups is 1. The van der Waals surface area contributed by atoms with Crippen molar-refractivity contribution >= 4 is 35.6 Å². The highest BCUT2D eigenvalue weighted by Gasteiger charge is 2.08. The van der Waals surface area contributed by atoms with Crippen LogP contribution < -0.4 is 20.5 Å². The summed E-state index contributed by atoms with van der Waals surface area (Å²) in [7, 11) is 3.16. The lowest BCUT2D eigenvalue weighted by molar-refractivity contribution is 0.355. The lowest BCUT2D eigenvalue weighted by atomic mass is 10.3. The average Bonchev–Trinajstić information content (AvgIpc) is 3.33. The molecule has 0 amide bonds. The van der Waals surface area contributed by atoms with Crippen molar-refractivity contribution in [2.45, 2.75) is 6.42 Å². The summed E-state index contributed by atoms with van der Waals surface area (Å²) >= 11 is 0. The number of nitrogens with one attached hydrogen (secondary N) is 2. The molecule has 3 aromatic rings. The maximum Gasteiger partial charge on any atom is 0.216 e. The molecule has 0 unspecified atom stereocenters. The number of rotatable bonds is 7. The fourth-order valence-corrected chi connectivity index (χ4v) is 2.31. The van der Waals surface area contributed by atoms with E-state index >= 15 is 0 Å². The summed E-state index contributed by atoms with van der Waals surface area (Å²) in [6, 6.07) is 8.99. The first kappa shape index (κ1) is 20.6. The van der Waals surface area contributed by atoms with E-state index in [4.69, 9.17) is 19.6 Å². The number of aromatic amines is 1. The Morgan fingerprint density at radius 2 is 2.07 bits per heavy atom. The molecule has 0 radical (unpaired) electrons. The van der Waals surface area contributed by atoms with Gasteiger partial charge in [-0.15, -0.1) is 24.0 Å². The molecule has 0 atom stereocenters. The molecule has 10 heteroatoms. The molecule has 2 heterocycles. The molecule has 2 aromatic heterocycles. The van der Waals surface area contributed by atoms with Gasteiger partial charge in [-0.2, -0.15) is 5.10 Å². The Morgan fingerprint density at radius 1 is 1.26 bits per heavy atom. The van der Waals surface area contributed by atoms with Crippen LogP contribution in [0.2, 0.25) is 0 Å². The maximum atomic E-state index is 5.92. The molecule has 1 aromatic carbocycles. The van der Waals surface area contributed by atoms with Gasteiger partial charge < -0.3 is 24.9 Å². The van der Waals surface area contributed by atoms with Crippen LogP contribution in [0.15, 0.2) is 46.0 Å². The SMILES string of the molecule is COc1ccc(NC(N)=NCCc2nc(-c3ccco3)n[nH]2)cc1OC.I. The molecule has 0 fully saturated rings. The minimum absolute atomic E-state index is 0. The van der Waals surface area contributed by atoms with Gasteiger partial charge in [0.15, 0.2) is 23.2 Å². The number of nitrogens with zero attached hydrogens (tertiary/aromatic N) is 3. The summed E-state index contributed by atoms with van der Waals surface area (Å²) in [6.45, 7) is 0.457. The van der Waals surface area contributed by atoms with Crippen LogP contribution in [0.1, 0.15) is 5.82 Å². The van der Waals surface area contributed by atoms with Gasteiger partial charge >= 0.3 is 0 Å².